The first kappa shape index (κ1) is 40.2. The molecule has 11 aromatic carbocycles. The summed E-state index contributed by atoms with van der Waals surface area (Å²) in [6, 6.07) is 99.9. The van der Waals surface area contributed by atoms with Crippen LogP contribution in [0, 0.1) is 0 Å². The monoisotopic (exact) mass is 920 g/mol. The lowest BCUT2D eigenvalue weighted by Crippen LogP contribution is -2.36. The first-order valence-corrected chi connectivity index (χ1v) is 25.4. The van der Waals surface area contributed by atoms with Gasteiger partial charge in [0.2, 0.25) is 0 Å². The summed E-state index contributed by atoms with van der Waals surface area (Å²) in [5, 5.41) is 2.55. The highest BCUT2D eigenvalue weighted by atomic mass is 32.1. The summed E-state index contributed by atoms with van der Waals surface area (Å²) >= 11 is 1.89. The van der Waals surface area contributed by atoms with Gasteiger partial charge in [-0.25, -0.2) is 0 Å². The fourth-order valence-corrected chi connectivity index (χ4v) is 14.3. The van der Waals surface area contributed by atoms with E-state index in [0.29, 0.717) is 0 Å². The van der Waals surface area contributed by atoms with E-state index in [2.05, 4.69) is 277 Å². The molecule has 0 N–H and O–H groups in total. The van der Waals surface area contributed by atoms with Gasteiger partial charge in [-0.3, -0.25) is 0 Å². The minimum Gasteiger partial charge on any atom is -0.310 e. The second-order valence-corrected chi connectivity index (χ2v) is 20.1. The second-order valence-electron chi connectivity index (χ2n) is 19.0. The molecule has 0 unspecified atom stereocenters. The van der Waals surface area contributed by atoms with E-state index < -0.39 is 10.8 Å². The van der Waals surface area contributed by atoms with E-state index in [1.807, 2.05) is 11.3 Å². The van der Waals surface area contributed by atoms with Crippen molar-refractivity contribution in [1.29, 1.82) is 0 Å². The van der Waals surface area contributed by atoms with Crippen LogP contribution in [-0.4, -0.2) is 0 Å². The zero-order valence-electron chi connectivity index (χ0n) is 38.7. The zero-order chi connectivity index (χ0) is 46.7. The molecule has 1 aromatic heterocycles. The van der Waals surface area contributed by atoms with E-state index in [0.717, 1.165) is 22.7 Å². The number of para-hydroxylation sites is 3. The second kappa shape index (κ2) is 15.4. The zero-order valence-corrected chi connectivity index (χ0v) is 39.5. The average molecular weight is 921 g/mol. The van der Waals surface area contributed by atoms with Crippen molar-refractivity contribution in [2.75, 3.05) is 9.80 Å². The smallest absolute Gasteiger partial charge is 0.0755 e. The highest BCUT2D eigenvalue weighted by molar-refractivity contribution is 7.26. The predicted octanol–water partition coefficient (Wildman–Crippen LogP) is 18.0. The highest BCUT2D eigenvalue weighted by Crippen LogP contribution is 2.66. The maximum absolute atomic E-state index is 2.60. The Bertz CT molecular complexity index is 3990. The molecule has 0 saturated heterocycles. The Morgan fingerprint density at radius 1 is 0.338 bits per heavy atom. The number of anilines is 6. The van der Waals surface area contributed by atoms with Gasteiger partial charge in [-0.2, -0.15) is 0 Å². The van der Waals surface area contributed by atoms with Crippen LogP contribution in [0.5, 0.6) is 0 Å². The van der Waals surface area contributed by atoms with Crippen molar-refractivity contribution >= 4 is 65.6 Å². The van der Waals surface area contributed by atoms with Crippen LogP contribution in [0.1, 0.15) is 44.5 Å². The Labute approximate surface area is 417 Å². The van der Waals surface area contributed by atoms with Gasteiger partial charge >= 0.3 is 0 Å². The average Bonchev–Trinajstić information content (AvgIpc) is 4.08. The van der Waals surface area contributed by atoms with Crippen molar-refractivity contribution in [3.05, 3.63) is 311 Å². The summed E-state index contributed by atoms with van der Waals surface area (Å²) in [7, 11) is 0. The molecule has 0 amide bonds. The first-order chi connectivity index (χ1) is 35.3. The van der Waals surface area contributed by atoms with Crippen LogP contribution in [0.2, 0.25) is 0 Å². The van der Waals surface area contributed by atoms with Gasteiger partial charge < -0.3 is 9.80 Å². The Morgan fingerprint density at radius 2 is 0.845 bits per heavy atom. The molecule has 12 aromatic rings. The highest BCUT2D eigenvalue weighted by Gasteiger charge is 2.53. The maximum Gasteiger partial charge on any atom is 0.0755 e. The van der Waals surface area contributed by atoms with Gasteiger partial charge in [0.15, 0.2) is 0 Å². The topological polar surface area (TPSA) is 6.48 Å². The summed E-state index contributed by atoms with van der Waals surface area (Å²) in [6.07, 6.45) is 0. The van der Waals surface area contributed by atoms with Crippen LogP contribution in [0.3, 0.4) is 0 Å². The molecule has 2 heterocycles. The van der Waals surface area contributed by atoms with E-state index in [-0.39, 0.29) is 0 Å². The lowest BCUT2D eigenvalue weighted by atomic mass is 9.64. The molecular formula is C68H44N2S. The van der Waals surface area contributed by atoms with Crippen molar-refractivity contribution in [2.24, 2.45) is 0 Å². The van der Waals surface area contributed by atoms with Crippen molar-refractivity contribution < 1.29 is 0 Å². The minimum absolute atomic E-state index is 0.560. The molecule has 1 aliphatic heterocycles. The van der Waals surface area contributed by atoms with E-state index in [1.165, 1.54) is 98.3 Å². The van der Waals surface area contributed by atoms with Gasteiger partial charge in [0, 0.05) is 32.4 Å². The molecule has 0 fully saturated rings. The maximum atomic E-state index is 2.60. The fourth-order valence-electron chi connectivity index (χ4n) is 13.1. The molecule has 2 nitrogen and oxygen atoms in total. The molecule has 1 spiro atoms. The SMILES string of the molecule is c1ccc(N2c3ccccc3C3(c4ccccc4-c4c(N(c5ccc6c(c5)C(c5ccccc5)(c5ccccc5)c5ccccc5-6)c5cccc6c5sc5ccccc56)cccc43)c3ccccc32)cc1. The van der Waals surface area contributed by atoms with Crippen molar-refractivity contribution in [2.45, 2.75) is 10.8 Å². The van der Waals surface area contributed by atoms with Gasteiger partial charge in [-0.15, -0.1) is 11.3 Å². The normalized spacial score (nSPS) is 14.1. The molecular weight excluding hydrogens is 877 g/mol. The quantitative estimate of drug-likeness (QED) is 0.164. The lowest BCUT2D eigenvalue weighted by molar-refractivity contribution is 0.752. The molecule has 0 radical (unpaired) electrons. The van der Waals surface area contributed by atoms with Gasteiger partial charge in [-0.05, 0) is 116 Å². The van der Waals surface area contributed by atoms with E-state index >= 15 is 0 Å². The predicted molar refractivity (Wildman–Crippen MR) is 297 cm³/mol. The van der Waals surface area contributed by atoms with Gasteiger partial charge in [0.05, 0.1) is 38.3 Å². The summed E-state index contributed by atoms with van der Waals surface area (Å²) in [6.45, 7) is 0. The largest absolute Gasteiger partial charge is 0.310 e. The molecule has 71 heavy (non-hydrogen) atoms. The van der Waals surface area contributed by atoms with Crippen LogP contribution in [0.15, 0.2) is 267 Å². The Kier molecular flexibility index (Phi) is 8.69. The number of fused-ring (bicyclic) bond motifs is 15. The van der Waals surface area contributed by atoms with Crippen LogP contribution >= 0.6 is 11.3 Å². The van der Waals surface area contributed by atoms with Gasteiger partial charge in [-0.1, -0.05) is 212 Å². The molecule has 2 aliphatic carbocycles. The molecule has 3 heteroatoms. The van der Waals surface area contributed by atoms with Gasteiger partial charge in [0.1, 0.15) is 0 Å². The standard InChI is InChI=1S/C68H44N2S/c1-4-22-45(23-5-1)67(46-24-6-2-7-25-46)54-32-13-10-28-49(54)50-43-42-48(44-59(50)67)70(63-40-20-31-52-51-29-12-19-41-64(51)71-66(52)63)62-39-21-36-58-65(62)53-30-11-14-33-55(53)68(58)56-34-15-17-37-60(56)69(47-26-8-3-9-27-47)61-38-18-16-35-57(61)68/h1-44H. The number of thiophene rings is 1. The Hall–Kier alpha value is -8.76. The third kappa shape index (κ3) is 5.41. The number of rotatable bonds is 6. The first-order valence-electron chi connectivity index (χ1n) is 24.6. The lowest BCUT2D eigenvalue weighted by Gasteiger charge is -2.45. The summed E-state index contributed by atoms with van der Waals surface area (Å²) < 4.78 is 2.55. The van der Waals surface area contributed by atoms with E-state index in [9.17, 15) is 0 Å². The Balaban J connectivity index is 1.05. The third-order valence-corrected chi connectivity index (χ3v) is 16.9. The minimum atomic E-state index is -0.606. The third-order valence-electron chi connectivity index (χ3n) is 15.7. The molecule has 0 atom stereocenters. The Morgan fingerprint density at radius 3 is 1.55 bits per heavy atom. The van der Waals surface area contributed by atoms with E-state index in [4.69, 9.17) is 0 Å². The number of hydrogen-bond donors (Lipinski definition) is 0. The molecule has 3 aliphatic rings. The van der Waals surface area contributed by atoms with Crippen LogP contribution in [-0.2, 0) is 10.8 Å². The van der Waals surface area contributed by atoms with Crippen LogP contribution in [0.4, 0.5) is 34.1 Å². The summed E-state index contributed by atoms with van der Waals surface area (Å²) in [5.74, 6) is 0. The van der Waals surface area contributed by atoms with Crippen molar-refractivity contribution in [3.63, 3.8) is 0 Å². The number of hydrogen-bond acceptors (Lipinski definition) is 3. The van der Waals surface area contributed by atoms with Crippen molar-refractivity contribution in [3.8, 4) is 22.3 Å². The number of nitrogens with zero attached hydrogens (tertiary/aromatic N) is 2. The summed E-state index contributed by atoms with van der Waals surface area (Å²) in [4.78, 5) is 5.07. The number of benzene rings is 11. The molecule has 332 valence electrons. The summed E-state index contributed by atoms with van der Waals surface area (Å²) in [5.41, 5.74) is 21.0. The van der Waals surface area contributed by atoms with Crippen LogP contribution < -0.4 is 9.80 Å². The molecule has 15 rings (SSSR count). The molecule has 0 bridgehead atoms. The van der Waals surface area contributed by atoms with Crippen LogP contribution in [0.25, 0.3) is 42.4 Å². The van der Waals surface area contributed by atoms with E-state index in [1.54, 1.807) is 0 Å². The van der Waals surface area contributed by atoms with Gasteiger partial charge in [0.25, 0.3) is 0 Å². The fraction of sp³-hybridized carbons (Fsp3) is 0.0294. The molecule has 0 saturated carbocycles. The van der Waals surface area contributed by atoms with Crippen molar-refractivity contribution in [1.82, 2.24) is 0 Å².